The van der Waals surface area contributed by atoms with Crippen molar-refractivity contribution in [1.82, 2.24) is 5.32 Å². The Bertz CT molecular complexity index is 605. The van der Waals surface area contributed by atoms with E-state index in [0.29, 0.717) is 11.3 Å². The lowest BCUT2D eigenvalue weighted by molar-refractivity contribution is -0.138. The van der Waals surface area contributed by atoms with E-state index in [9.17, 15) is 14.7 Å². The minimum atomic E-state index is -1.13. The van der Waals surface area contributed by atoms with E-state index in [1.807, 2.05) is 12.1 Å². The number of carbonyl (C=O) groups excluding carboxylic acids is 1. The Hall–Kier alpha value is -2.20. The van der Waals surface area contributed by atoms with Crippen molar-refractivity contribution < 1.29 is 19.4 Å². The molecule has 0 saturated carbocycles. The van der Waals surface area contributed by atoms with Crippen LogP contribution in [0.25, 0.3) is 0 Å². The first kappa shape index (κ1) is 18.8. The van der Waals surface area contributed by atoms with Crippen molar-refractivity contribution in [2.75, 3.05) is 5.75 Å². The fraction of sp³-hybridized carbons (Fsp3) is 0.438. The molecular weight excluding hydrogens is 316 g/mol. The monoisotopic (exact) mass is 336 g/mol. The molecule has 1 aromatic rings. The number of carboxylic acid groups (broad SMARTS) is 1. The van der Waals surface area contributed by atoms with Gasteiger partial charge in [0.1, 0.15) is 11.6 Å². The first-order chi connectivity index (χ1) is 10.7. The number of ether oxygens (including phenoxy) is 1. The van der Waals surface area contributed by atoms with E-state index in [4.69, 9.17) is 10.00 Å². The van der Waals surface area contributed by atoms with Gasteiger partial charge in [-0.05, 0) is 32.4 Å². The summed E-state index contributed by atoms with van der Waals surface area (Å²) in [6.45, 7) is 5.11. The zero-order valence-electron chi connectivity index (χ0n) is 13.3. The number of amides is 1. The maximum atomic E-state index is 11.7. The quantitative estimate of drug-likeness (QED) is 0.828. The Morgan fingerprint density at radius 2 is 2.04 bits per heavy atom. The molecule has 0 aromatic heterocycles. The zero-order chi connectivity index (χ0) is 17.5. The van der Waals surface area contributed by atoms with Crippen LogP contribution in [-0.2, 0) is 15.3 Å². The molecule has 7 heteroatoms. The zero-order valence-corrected chi connectivity index (χ0v) is 14.1. The van der Waals surface area contributed by atoms with E-state index in [0.717, 1.165) is 5.56 Å². The second-order valence-corrected chi connectivity index (χ2v) is 6.85. The van der Waals surface area contributed by atoms with Gasteiger partial charge in [-0.15, -0.1) is 0 Å². The number of thioether (sulfide) groups is 1. The molecule has 23 heavy (non-hydrogen) atoms. The number of aliphatic carboxylic acids is 1. The van der Waals surface area contributed by atoms with Crippen molar-refractivity contribution in [3.63, 3.8) is 0 Å². The van der Waals surface area contributed by atoms with Gasteiger partial charge in [0.15, 0.2) is 0 Å². The molecule has 2 N–H and O–H groups in total. The smallest absolute Gasteiger partial charge is 0.408 e. The van der Waals surface area contributed by atoms with Crippen molar-refractivity contribution in [3.8, 4) is 6.07 Å². The maximum Gasteiger partial charge on any atom is 0.408 e. The standard InChI is InChI=1S/C16H20N2O4S/c1-16(2,3)22-15(21)18-13(14(19)20)10-23-9-12-7-5-4-6-11(12)8-17/h4-7,13H,9-10H2,1-3H3,(H,18,21)(H,19,20). The lowest BCUT2D eigenvalue weighted by atomic mass is 10.1. The number of carbonyl (C=O) groups is 2. The highest BCUT2D eigenvalue weighted by Crippen LogP contribution is 2.17. The molecule has 0 radical (unpaired) electrons. The third-order valence-corrected chi connectivity index (χ3v) is 3.75. The van der Waals surface area contributed by atoms with Crippen LogP contribution in [0.1, 0.15) is 31.9 Å². The number of nitrogens with one attached hydrogen (secondary N) is 1. The number of rotatable bonds is 6. The molecule has 0 bridgehead atoms. The van der Waals surface area contributed by atoms with Crippen LogP contribution in [0, 0.1) is 11.3 Å². The molecule has 0 fully saturated rings. The molecule has 6 nitrogen and oxygen atoms in total. The van der Waals surface area contributed by atoms with Gasteiger partial charge in [0, 0.05) is 11.5 Å². The Morgan fingerprint density at radius 1 is 1.39 bits per heavy atom. The van der Waals surface area contributed by atoms with Gasteiger partial charge in [0.05, 0.1) is 11.6 Å². The molecule has 1 unspecified atom stereocenters. The summed E-state index contributed by atoms with van der Waals surface area (Å²) < 4.78 is 5.05. The van der Waals surface area contributed by atoms with Crippen LogP contribution in [0.2, 0.25) is 0 Å². The molecule has 0 aliphatic carbocycles. The van der Waals surface area contributed by atoms with Crippen molar-refractivity contribution >= 4 is 23.8 Å². The minimum absolute atomic E-state index is 0.175. The summed E-state index contributed by atoms with van der Waals surface area (Å²) >= 11 is 1.33. The van der Waals surface area contributed by atoms with Crippen molar-refractivity contribution in [2.24, 2.45) is 0 Å². The fourth-order valence-corrected chi connectivity index (χ4v) is 2.72. The minimum Gasteiger partial charge on any atom is -0.480 e. The highest BCUT2D eigenvalue weighted by molar-refractivity contribution is 7.98. The maximum absolute atomic E-state index is 11.7. The predicted molar refractivity (Wildman–Crippen MR) is 88.1 cm³/mol. The Balaban J connectivity index is 2.56. The summed E-state index contributed by atoms with van der Waals surface area (Å²) in [6.07, 6.45) is -0.761. The molecule has 0 spiro atoms. The van der Waals surface area contributed by atoms with Crippen LogP contribution in [0.5, 0.6) is 0 Å². The van der Waals surface area contributed by atoms with E-state index >= 15 is 0 Å². The van der Waals surface area contributed by atoms with Gasteiger partial charge in [-0.2, -0.15) is 17.0 Å². The molecule has 0 aliphatic rings. The summed E-state index contributed by atoms with van der Waals surface area (Å²) in [7, 11) is 0. The number of nitriles is 1. The van der Waals surface area contributed by atoms with E-state index in [-0.39, 0.29) is 5.75 Å². The number of alkyl carbamates (subject to hydrolysis) is 1. The number of benzene rings is 1. The van der Waals surface area contributed by atoms with E-state index < -0.39 is 23.7 Å². The van der Waals surface area contributed by atoms with Gasteiger partial charge < -0.3 is 15.2 Å². The number of nitrogens with zero attached hydrogens (tertiary/aromatic N) is 1. The predicted octanol–water partition coefficient (Wildman–Crippen LogP) is 2.77. The molecule has 1 amide bonds. The Kier molecular flexibility index (Phi) is 6.91. The third kappa shape index (κ3) is 7.06. The van der Waals surface area contributed by atoms with Crippen molar-refractivity contribution in [2.45, 2.75) is 38.2 Å². The van der Waals surface area contributed by atoms with Gasteiger partial charge in [0.25, 0.3) is 0 Å². The van der Waals surface area contributed by atoms with Crippen LogP contribution < -0.4 is 5.32 Å². The van der Waals surface area contributed by atoms with Crippen LogP contribution in [-0.4, -0.2) is 34.6 Å². The van der Waals surface area contributed by atoms with Crippen LogP contribution >= 0.6 is 11.8 Å². The largest absolute Gasteiger partial charge is 0.480 e. The van der Waals surface area contributed by atoms with E-state index in [2.05, 4.69) is 11.4 Å². The molecule has 0 aliphatic heterocycles. The fourth-order valence-electron chi connectivity index (χ4n) is 1.67. The summed E-state index contributed by atoms with van der Waals surface area (Å²) in [5.41, 5.74) is 0.708. The normalized spacial score (nSPS) is 12.1. The van der Waals surface area contributed by atoms with E-state index in [1.54, 1.807) is 32.9 Å². The highest BCUT2D eigenvalue weighted by Gasteiger charge is 2.23. The SMILES string of the molecule is CC(C)(C)OC(=O)NC(CSCc1ccccc1C#N)C(=O)O. The topological polar surface area (TPSA) is 99.4 Å². The highest BCUT2D eigenvalue weighted by atomic mass is 32.2. The van der Waals surface area contributed by atoms with Gasteiger partial charge in [0.2, 0.25) is 0 Å². The van der Waals surface area contributed by atoms with Gasteiger partial charge in [-0.1, -0.05) is 18.2 Å². The van der Waals surface area contributed by atoms with Crippen LogP contribution in [0.4, 0.5) is 4.79 Å². The summed E-state index contributed by atoms with van der Waals surface area (Å²) in [5.74, 6) is -0.463. The van der Waals surface area contributed by atoms with Gasteiger partial charge in [-0.3, -0.25) is 0 Å². The lowest BCUT2D eigenvalue weighted by Crippen LogP contribution is -2.44. The van der Waals surface area contributed by atoms with Gasteiger partial charge in [-0.25, -0.2) is 9.59 Å². The summed E-state index contributed by atoms with van der Waals surface area (Å²) in [6, 6.07) is 8.18. The summed E-state index contributed by atoms with van der Waals surface area (Å²) in [4.78, 5) is 22.9. The average Bonchev–Trinajstić information content (AvgIpc) is 2.44. The first-order valence-electron chi connectivity index (χ1n) is 7.01. The molecule has 124 valence electrons. The van der Waals surface area contributed by atoms with Crippen LogP contribution in [0.15, 0.2) is 24.3 Å². The lowest BCUT2D eigenvalue weighted by Gasteiger charge is -2.21. The third-order valence-electron chi connectivity index (χ3n) is 2.67. The Morgan fingerprint density at radius 3 is 2.61 bits per heavy atom. The average molecular weight is 336 g/mol. The van der Waals surface area contributed by atoms with Crippen LogP contribution in [0.3, 0.4) is 0 Å². The molecule has 1 atom stereocenters. The molecule has 0 heterocycles. The van der Waals surface area contributed by atoms with E-state index in [1.165, 1.54) is 11.8 Å². The number of hydrogen-bond donors (Lipinski definition) is 2. The number of hydrogen-bond acceptors (Lipinski definition) is 5. The molecule has 0 saturated heterocycles. The second-order valence-electron chi connectivity index (χ2n) is 5.82. The van der Waals surface area contributed by atoms with Gasteiger partial charge >= 0.3 is 12.1 Å². The Labute approximate surface area is 139 Å². The number of carboxylic acids is 1. The molecular formula is C16H20N2O4S. The second kappa shape index (κ2) is 8.44. The van der Waals surface area contributed by atoms with Crippen molar-refractivity contribution in [1.29, 1.82) is 5.26 Å². The summed E-state index contributed by atoms with van der Waals surface area (Å²) in [5, 5.41) is 20.5. The first-order valence-corrected chi connectivity index (χ1v) is 8.16. The molecule has 1 rings (SSSR count). The molecule has 1 aromatic carbocycles. The van der Waals surface area contributed by atoms with Crippen molar-refractivity contribution in [3.05, 3.63) is 35.4 Å².